The minimum absolute atomic E-state index is 0. The summed E-state index contributed by atoms with van der Waals surface area (Å²) in [6.45, 7) is 2.72. The van der Waals surface area contributed by atoms with Crippen molar-refractivity contribution in [3.8, 4) is 5.75 Å². The highest BCUT2D eigenvalue weighted by Crippen LogP contribution is 2.12. The molecule has 1 heterocycles. The fourth-order valence-corrected chi connectivity index (χ4v) is 1.88. The van der Waals surface area contributed by atoms with Gasteiger partial charge in [-0.1, -0.05) is 6.07 Å². The molecular weight excluding hydrogens is 282 g/mol. The molecule has 1 aromatic rings. The third kappa shape index (κ3) is 4.11. The van der Waals surface area contributed by atoms with Crippen LogP contribution in [0.3, 0.4) is 0 Å². The van der Waals surface area contributed by atoms with Crippen LogP contribution in [0.5, 0.6) is 5.75 Å². The fraction of sp³-hybridized carbons (Fsp3) is 0.385. The first-order valence-electron chi connectivity index (χ1n) is 6.16. The molecule has 3 amide bonds. The van der Waals surface area contributed by atoms with Gasteiger partial charge in [-0.25, -0.2) is 4.79 Å². The molecule has 1 aliphatic rings. The number of carbonyl (C=O) groups is 2. The van der Waals surface area contributed by atoms with Gasteiger partial charge in [0, 0.05) is 31.7 Å². The van der Waals surface area contributed by atoms with Gasteiger partial charge in [0.05, 0.1) is 7.11 Å². The van der Waals surface area contributed by atoms with Gasteiger partial charge in [0.1, 0.15) is 5.75 Å². The van der Waals surface area contributed by atoms with Crippen LogP contribution in [0.2, 0.25) is 0 Å². The maximum absolute atomic E-state index is 11.9. The van der Waals surface area contributed by atoms with Crippen LogP contribution in [0.1, 0.15) is 10.4 Å². The second-order valence-corrected chi connectivity index (χ2v) is 4.23. The lowest BCUT2D eigenvalue weighted by Crippen LogP contribution is -2.51. The molecule has 1 aromatic carbocycles. The van der Waals surface area contributed by atoms with Crippen LogP contribution in [0.4, 0.5) is 4.79 Å². The first kappa shape index (κ1) is 16.3. The van der Waals surface area contributed by atoms with Crippen molar-refractivity contribution < 1.29 is 14.3 Å². The lowest BCUT2D eigenvalue weighted by atomic mass is 10.2. The Morgan fingerprint density at radius 1 is 1.30 bits per heavy atom. The Bertz CT molecular complexity index is 476. The standard InChI is InChI=1S/C13H17N3O3.ClH/c1-19-11-4-2-3-10(9-11)12(17)15-13(18)16-7-5-14-6-8-16;/h2-4,9,14H,5-8H2,1H3,(H,15,17,18);1H. The number of nitrogens with one attached hydrogen (secondary N) is 2. The summed E-state index contributed by atoms with van der Waals surface area (Å²) in [6.07, 6.45) is 0. The van der Waals surface area contributed by atoms with E-state index in [1.54, 1.807) is 29.2 Å². The number of hydrogen-bond acceptors (Lipinski definition) is 4. The van der Waals surface area contributed by atoms with Gasteiger partial charge in [-0.15, -0.1) is 12.4 Å². The molecule has 0 aliphatic carbocycles. The van der Waals surface area contributed by atoms with E-state index in [4.69, 9.17) is 4.74 Å². The third-order valence-corrected chi connectivity index (χ3v) is 2.96. The Morgan fingerprint density at radius 2 is 2.00 bits per heavy atom. The van der Waals surface area contributed by atoms with E-state index in [2.05, 4.69) is 10.6 Å². The molecule has 0 saturated carbocycles. The topological polar surface area (TPSA) is 70.7 Å². The summed E-state index contributed by atoms with van der Waals surface area (Å²) < 4.78 is 5.04. The number of amides is 3. The fourth-order valence-electron chi connectivity index (χ4n) is 1.88. The van der Waals surface area contributed by atoms with Crippen molar-refractivity contribution in [2.45, 2.75) is 0 Å². The minimum atomic E-state index is -0.414. The molecule has 7 heteroatoms. The number of imide groups is 1. The summed E-state index contributed by atoms with van der Waals surface area (Å²) in [5, 5.41) is 5.53. The molecule has 0 aromatic heterocycles. The first-order chi connectivity index (χ1) is 9.20. The quantitative estimate of drug-likeness (QED) is 0.850. The highest BCUT2D eigenvalue weighted by molar-refractivity contribution is 6.04. The summed E-state index contributed by atoms with van der Waals surface area (Å²) in [4.78, 5) is 25.4. The summed E-state index contributed by atoms with van der Waals surface area (Å²) in [5.41, 5.74) is 0.405. The average Bonchev–Trinajstić information content (AvgIpc) is 2.48. The van der Waals surface area contributed by atoms with Crippen molar-refractivity contribution >= 4 is 24.3 Å². The molecule has 0 unspecified atom stereocenters. The second kappa shape index (κ2) is 7.72. The zero-order valence-corrected chi connectivity index (χ0v) is 12.0. The predicted octanol–water partition coefficient (Wildman–Crippen LogP) is 0.872. The Balaban J connectivity index is 0.00000200. The van der Waals surface area contributed by atoms with Crippen LogP contribution in [0, 0.1) is 0 Å². The smallest absolute Gasteiger partial charge is 0.324 e. The number of nitrogens with zero attached hydrogens (tertiary/aromatic N) is 1. The molecule has 20 heavy (non-hydrogen) atoms. The van der Waals surface area contributed by atoms with Crippen molar-refractivity contribution in [2.24, 2.45) is 0 Å². The van der Waals surface area contributed by atoms with Crippen LogP contribution in [0.15, 0.2) is 24.3 Å². The van der Waals surface area contributed by atoms with E-state index < -0.39 is 5.91 Å². The maximum atomic E-state index is 11.9. The van der Waals surface area contributed by atoms with Crippen molar-refractivity contribution in [3.05, 3.63) is 29.8 Å². The molecule has 0 bridgehead atoms. The van der Waals surface area contributed by atoms with Gasteiger partial charge in [0.25, 0.3) is 5.91 Å². The molecule has 1 aliphatic heterocycles. The van der Waals surface area contributed by atoms with Gasteiger partial charge in [-0.05, 0) is 18.2 Å². The summed E-state index contributed by atoms with van der Waals surface area (Å²) in [6, 6.07) is 6.34. The number of piperazine rings is 1. The van der Waals surface area contributed by atoms with Gasteiger partial charge >= 0.3 is 6.03 Å². The van der Waals surface area contributed by atoms with Crippen molar-refractivity contribution in [2.75, 3.05) is 33.3 Å². The molecule has 1 saturated heterocycles. The summed E-state index contributed by atoms with van der Waals surface area (Å²) in [5.74, 6) is 0.171. The Labute approximate surface area is 123 Å². The molecule has 0 atom stereocenters. The number of ether oxygens (including phenoxy) is 1. The normalized spacial score (nSPS) is 14.2. The van der Waals surface area contributed by atoms with E-state index in [1.807, 2.05) is 0 Å². The average molecular weight is 300 g/mol. The van der Waals surface area contributed by atoms with E-state index in [0.29, 0.717) is 24.4 Å². The van der Waals surface area contributed by atoms with Gasteiger partial charge in [-0.2, -0.15) is 0 Å². The number of hydrogen-bond donors (Lipinski definition) is 2. The Hall–Kier alpha value is -1.79. The molecule has 0 spiro atoms. The zero-order valence-electron chi connectivity index (χ0n) is 11.2. The van der Waals surface area contributed by atoms with Crippen LogP contribution in [0.25, 0.3) is 0 Å². The largest absolute Gasteiger partial charge is 0.497 e. The van der Waals surface area contributed by atoms with Crippen LogP contribution in [-0.2, 0) is 0 Å². The SMILES string of the molecule is COc1cccc(C(=O)NC(=O)N2CCNCC2)c1.Cl. The van der Waals surface area contributed by atoms with E-state index in [9.17, 15) is 9.59 Å². The van der Waals surface area contributed by atoms with Gasteiger partial charge in [0.2, 0.25) is 0 Å². The Morgan fingerprint density at radius 3 is 2.65 bits per heavy atom. The van der Waals surface area contributed by atoms with Crippen LogP contribution in [-0.4, -0.2) is 50.1 Å². The van der Waals surface area contributed by atoms with E-state index in [1.165, 1.54) is 7.11 Å². The maximum Gasteiger partial charge on any atom is 0.324 e. The predicted molar refractivity (Wildman–Crippen MR) is 77.5 cm³/mol. The monoisotopic (exact) mass is 299 g/mol. The van der Waals surface area contributed by atoms with Crippen molar-refractivity contribution in [3.63, 3.8) is 0 Å². The molecule has 2 rings (SSSR count). The van der Waals surface area contributed by atoms with Crippen LogP contribution < -0.4 is 15.4 Å². The molecule has 110 valence electrons. The van der Waals surface area contributed by atoms with Crippen molar-refractivity contribution in [1.29, 1.82) is 0 Å². The molecule has 0 radical (unpaired) electrons. The van der Waals surface area contributed by atoms with Gasteiger partial charge < -0.3 is 15.0 Å². The zero-order chi connectivity index (χ0) is 13.7. The van der Waals surface area contributed by atoms with Crippen LogP contribution >= 0.6 is 12.4 Å². The number of rotatable bonds is 2. The number of urea groups is 1. The van der Waals surface area contributed by atoms with E-state index in [0.717, 1.165) is 13.1 Å². The summed E-state index contributed by atoms with van der Waals surface area (Å²) in [7, 11) is 1.53. The number of halogens is 1. The molecular formula is C13H18ClN3O3. The third-order valence-electron chi connectivity index (χ3n) is 2.96. The Kier molecular flexibility index (Phi) is 6.27. The second-order valence-electron chi connectivity index (χ2n) is 4.23. The summed E-state index contributed by atoms with van der Waals surface area (Å²) >= 11 is 0. The lowest BCUT2D eigenvalue weighted by molar-refractivity contribution is 0.0949. The van der Waals surface area contributed by atoms with E-state index in [-0.39, 0.29) is 18.4 Å². The number of benzene rings is 1. The number of methoxy groups -OCH3 is 1. The van der Waals surface area contributed by atoms with Gasteiger partial charge in [0.15, 0.2) is 0 Å². The number of carbonyl (C=O) groups excluding carboxylic acids is 2. The van der Waals surface area contributed by atoms with Gasteiger partial charge in [-0.3, -0.25) is 10.1 Å². The molecule has 2 N–H and O–H groups in total. The molecule has 1 fully saturated rings. The highest BCUT2D eigenvalue weighted by atomic mass is 35.5. The first-order valence-corrected chi connectivity index (χ1v) is 6.16. The van der Waals surface area contributed by atoms with E-state index >= 15 is 0 Å². The van der Waals surface area contributed by atoms with Crippen molar-refractivity contribution in [1.82, 2.24) is 15.5 Å². The lowest BCUT2D eigenvalue weighted by Gasteiger charge is -2.27. The molecule has 6 nitrogen and oxygen atoms in total. The minimum Gasteiger partial charge on any atom is -0.497 e. The highest BCUT2D eigenvalue weighted by Gasteiger charge is 2.19.